The lowest BCUT2D eigenvalue weighted by atomic mass is 9.95. The zero-order chi connectivity index (χ0) is 24.2. The van der Waals surface area contributed by atoms with E-state index in [4.69, 9.17) is 4.52 Å². The summed E-state index contributed by atoms with van der Waals surface area (Å²) in [5.74, 6) is 1.05. The number of nitrogens with zero attached hydrogens (tertiary/aromatic N) is 4. The van der Waals surface area contributed by atoms with Crippen LogP contribution < -0.4 is 10.2 Å². The van der Waals surface area contributed by atoms with Crippen LogP contribution in [0, 0.1) is 11.7 Å². The number of anilines is 1. The average molecular weight is 472 g/mol. The number of aromatic nitrogens is 3. The molecule has 1 fully saturated rings. The smallest absolute Gasteiger partial charge is 0.261 e. The number of benzene rings is 2. The zero-order valence-corrected chi connectivity index (χ0v) is 19.4. The Hall–Kier alpha value is -4.07. The fourth-order valence-electron chi connectivity index (χ4n) is 4.40. The van der Waals surface area contributed by atoms with Crippen molar-refractivity contribution in [1.29, 1.82) is 0 Å². The summed E-state index contributed by atoms with van der Waals surface area (Å²) in [4.78, 5) is 24.1. The Kier molecular flexibility index (Phi) is 6.52. The van der Waals surface area contributed by atoms with Crippen molar-refractivity contribution < 1.29 is 13.7 Å². The summed E-state index contributed by atoms with van der Waals surface area (Å²) >= 11 is 0. The fraction of sp³-hybridized carbons (Fsp3) is 0.259. The lowest BCUT2D eigenvalue weighted by Gasteiger charge is -2.33. The highest BCUT2D eigenvalue weighted by atomic mass is 19.1. The van der Waals surface area contributed by atoms with Crippen molar-refractivity contribution in [3.63, 3.8) is 0 Å². The Morgan fingerprint density at radius 2 is 1.89 bits per heavy atom. The second-order valence-electron chi connectivity index (χ2n) is 8.71. The van der Waals surface area contributed by atoms with E-state index in [0.717, 1.165) is 24.2 Å². The molecular formula is C27H26FN5O2. The third kappa shape index (κ3) is 5.06. The second-order valence-corrected chi connectivity index (χ2v) is 8.71. The summed E-state index contributed by atoms with van der Waals surface area (Å²) < 4.78 is 19.1. The molecule has 5 rings (SSSR count). The van der Waals surface area contributed by atoms with Gasteiger partial charge in [0.2, 0.25) is 11.7 Å². The van der Waals surface area contributed by atoms with Crippen molar-refractivity contribution in [2.75, 3.05) is 18.0 Å². The Balaban J connectivity index is 1.26. The predicted octanol–water partition coefficient (Wildman–Crippen LogP) is 5.03. The number of piperidine rings is 1. The molecule has 1 N–H and O–H groups in total. The predicted molar refractivity (Wildman–Crippen MR) is 131 cm³/mol. The number of hydrogen-bond acceptors (Lipinski definition) is 6. The van der Waals surface area contributed by atoms with Crippen LogP contribution in [0.5, 0.6) is 0 Å². The Bertz CT molecular complexity index is 1300. The van der Waals surface area contributed by atoms with Crippen molar-refractivity contribution in [3.8, 4) is 22.8 Å². The molecule has 0 radical (unpaired) electrons. The number of rotatable bonds is 6. The molecule has 1 unspecified atom stereocenters. The molecule has 0 bridgehead atoms. The van der Waals surface area contributed by atoms with E-state index in [0.29, 0.717) is 35.9 Å². The molecule has 3 heterocycles. The maximum absolute atomic E-state index is 13.6. The first kappa shape index (κ1) is 22.7. The first-order valence-electron chi connectivity index (χ1n) is 11.7. The van der Waals surface area contributed by atoms with Gasteiger partial charge in [-0.15, -0.1) is 0 Å². The van der Waals surface area contributed by atoms with E-state index >= 15 is 0 Å². The highest BCUT2D eigenvalue weighted by Crippen LogP contribution is 2.32. The standard InChI is InChI=1S/C27H26FN5O2/c1-18(19-7-3-2-4-8-19)30-26(34)20-12-15-33(16-13-20)25-23(11-6-14-29-25)27-31-24(32-35-27)21-9-5-10-22(28)17-21/h2-11,14,17-18,20H,12-13,15-16H2,1H3,(H,30,34). The van der Waals surface area contributed by atoms with Crippen LogP contribution in [0.3, 0.4) is 0 Å². The topological polar surface area (TPSA) is 84.2 Å². The molecule has 2 aromatic heterocycles. The zero-order valence-electron chi connectivity index (χ0n) is 19.4. The second kappa shape index (κ2) is 10.0. The van der Waals surface area contributed by atoms with E-state index < -0.39 is 0 Å². The first-order valence-corrected chi connectivity index (χ1v) is 11.7. The SMILES string of the molecule is CC(NC(=O)C1CCN(c2ncccc2-c2nc(-c3cccc(F)c3)no2)CC1)c1ccccc1. The molecule has 0 aliphatic carbocycles. The molecule has 1 saturated heterocycles. The fourth-order valence-corrected chi connectivity index (χ4v) is 4.40. The van der Waals surface area contributed by atoms with Gasteiger partial charge in [-0.3, -0.25) is 4.79 Å². The molecular weight excluding hydrogens is 445 g/mol. The lowest BCUT2D eigenvalue weighted by Crippen LogP contribution is -2.41. The van der Waals surface area contributed by atoms with Crippen molar-refractivity contribution in [3.05, 3.63) is 84.3 Å². The van der Waals surface area contributed by atoms with Crippen LogP contribution in [-0.4, -0.2) is 34.1 Å². The van der Waals surface area contributed by atoms with E-state index in [1.807, 2.05) is 49.4 Å². The lowest BCUT2D eigenvalue weighted by molar-refractivity contribution is -0.126. The van der Waals surface area contributed by atoms with Crippen molar-refractivity contribution >= 4 is 11.7 Å². The van der Waals surface area contributed by atoms with Gasteiger partial charge in [0.15, 0.2) is 0 Å². The highest BCUT2D eigenvalue weighted by molar-refractivity contribution is 5.79. The van der Waals surface area contributed by atoms with Crippen LogP contribution in [-0.2, 0) is 4.79 Å². The van der Waals surface area contributed by atoms with Crippen molar-refractivity contribution in [2.45, 2.75) is 25.8 Å². The van der Waals surface area contributed by atoms with Gasteiger partial charge in [0.25, 0.3) is 5.89 Å². The van der Waals surface area contributed by atoms with Crippen LogP contribution in [0.4, 0.5) is 10.2 Å². The minimum atomic E-state index is -0.360. The number of nitrogens with one attached hydrogen (secondary N) is 1. The number of halogens is 1. The van der Waals surface area contributed by atoms with Gasteiger partial charge < -0.3 is 14.7 Å². The number of hydrogen-bond donors (Lipinski definition) is 1. The molecule has 1 aliphatic rings. The van der Waals surface area contributed by atoms with Gasteiger partial charge >= 0.3 is 0 Å². The van der Waals surface area contributed by atoms with E-state index in [-0.39, 0.29) is 23.7 Å². The number of carbonyl (C=O) groups excluding carboxylic acids is 1. The minimum absolute atomic E-state index is 0.0334. The molecule has 0 spiro atoms. The highest BCUT2D eigenvalue weighted by Gasteiger charge is 2.28. The monoisotopic (exact) mass is 471 g/mol. The Morgan fingerprint density at radius 1 is 1.09 bits per heavy atom. The molecule has 4 aromatic rings. The van der Waals surface area contributed by atoms with Crippen LogP contribution >= 0.6 is 0 Å². The van der Waals surface area contributed by atoms with Crippen molar-refractivity contribution in [2.24, 2.45) is 5.92 Å². The summed E-state index contributed by atoms with van der Waals surface area (Å²) in [7, 11) is 0. The molecule has 8 heteroatoms. The Labute approximate surface area is 203 Å². The van der Waals surface area contributed by atoms with E-state index in [1.54, 1.807) is 18.3 Å². The third-order valence-corrected chi connectivity index (χ3v) is 6.35. The first-order chi connectivity index (χ1) is 17.1. The number of carbonyl (C=O) groups is 1. The van der Waals surface area contributed by atoms with Crippen LogP contribution in [0.25, 0.3) is 22.8 Å². The molecule has 1 atom stereocenters. The van der Waals surface area contributed by atoms with E-state index in [1.165, 1.54) is 12.1 Å². The molecule has 1 amide bonds. The summed E-state index contributed by atoms with van der Waals surface area (Å²) in [6.07, 6.45) is 3.17. The van der Waals surface area contributed by atoms with Gasteiger partial charge in [0, 0.05) is 30.8 Å². The molecule has 35 heavy (non-hydrogen) atoms. The van der Waals surface area contributed by atoms with Gasteiger partial charge in [-0.05, 0) is 49.6 Å². The van der Waals surface area contributed by atoms with E-state index in [2.05, 4.69) is 25.3 Å². The maximum atomic E-state index is 13.6. The van der Waals surface area contributed by atoms with E-state index in [9.17, 15) is 9.18 Å². The molecule has 0 saturated carbocycles. The average Bonchev–Trinajstić information content (AvgIpc) is 3.40. The maximum Gasteiger partial charge on any atom is 0.261 e. The van der Waals surface area contributed by atoms with Crippen LogP contribution in [0.1, 0.15) is 31.4 Å². The minimum Gasteiger partial charge on any atom is -0.356 e. The summed E-state index contributed by atoms with van der Waals surface area (Å²) in [5.41, 5.74) is 2.35. The van der Waals surface area contributed by atoms with Gasteiger partial charge in [0.05, 0.1) is 11.6 Å². The summed E-state index contributed by atoms with van der Waals surface area (Å²) in [6, 6.07) is 19.7. The van der Waals surface area contributed by atoms with Gasteiger partial charge in [-0.2, -0.15) is 4.98 Å². The van der Waals surface area contributed by atoms with Gasteiger partial charge in [-0.25, -0.2) is 9.37 Å². The molecule has 178 valence electrons. The van der Waals surface area contributed by atoms with Crippen molar-refractivity contribution in [1.82, 2.24) is 20.4 Å². The van der Waals surface area contributed by atoms with Gasteiger partial charge in [-0.1, -0.05) is 47.6 Å². The molecule has 7 nitrogen and oxygen atoms in total. The number of amides is 1. The quantitative estimate of drug-likeness (QED) is 0.425. The largest absolute Gasteiger partial charge is 0.356 e. The van der Waals surface area contributed by atoms with Crippen LogP contribution in [0.2, 0.25) is 0 Å². The molecule has 1 aliphatic heterocycles. The van der Waals surface area contributed by atoms with Gasteiger partial charge in [0.1, 0.15) is 11.6 Å². The number of pyridine rings is 1. The normalized spacial score (nSPS) is 15.1. The molecule has 2 aromatic carbocycles. The third-order valence-electron chi connectivity index (χ3n) is 6.35. The summed E-state index contributed by atoms with van der Waals surface area (Å²) in [5, 5.41) is 7.17. The Morgan fingerprint density at radius 3 is 2.66 bits per heavy atom. The van der Waals surface area contributed by atoms with Crippen LogP contribution in [0.15, 0.2) is 77.4 Å². The summed E-state index contributed by atoms with van der Waals surface area (Å²) in [6.45, 7) is 3.38.